The van der Waals surface area contributed by atoms with Gasteiger partial charge in [-0.15, -0.1) is 0 Å². The molecule has 0 unspecified atom stereocenters. The summed E-state index contributed by atoms with van der Waals surface area (Å²) in [5.41, 5.74) is 11.3. The summed E-state index contributed by atoms with van der Waals surface area (Å²) in [6, 6.07) is 0. The molecule has 4 N–H and O–H groups in total. The number of nitrogens with zero attached hydrogens (tertiary/aromatic N) is 3. The van der Waals surface area contributed by atoms with Crippen LogP contribution in [0.15, 0.2) is 6.20 Å². The molecule has 0 spiro atoms. The van der Waals surface area contributed by atoms with Gasteiger partial charge in [0.05, 0.1) is 11.9 Å². The third kappa shape index (κ3) is 1.49. The van der Waals surface area contributed by atoms with Crippen molar-refractivity contribution in [1.82, 2.24) is 9.97 Å². The maximum atomic E-state index is 5.46. The highest BCUT2D eigenvalue weighted by molar-refractivity contribution is 5.58. The third-order valence-corrected chi connectivity index (χ3v) is 1.24. The second-order valence-corrected chi connectivity index (χ2v) is 2.41. The average Bonchev–Trinajstić information content (AvgIpc) is 1.94. The van der Waals surface area contributed by atoms with E-state index in [0.29, 0.717) is 17.5 Å². The summed E-state index contributed by atoms with van der Waals surface area (Å²) in [5, 5.41) is 0. The lowest BCUT2D eigenvalue weighted by molar-refractivity contribution is 1.00. The van der Waals surface area contributed by atoms with Crippen molar-refractivity contribution in [3.63, 3.8) is 0 Å². The van der Waals surface area contributed by atoms with Gasteiger partial charge in [0.2, 0.25) is 5.95 Å². The second-order valence-electron chi connectivity index (χ2n) is 2.41. The smallest absolute Gasteiger partial charge is 0.226 e. The molecule has 1 aromatic heterocycles. The van der Waals surface area contributed by atoms with E-state index in [1.54, 1.807) is 4.90 Å². The number of hydrogen-bond acceptors (Lipinski definition) is 5. The lowest BCUT2D eigenvalue weighted by atomic mass is 10.5. The summed E-state index contributed by atoms with van der Waals surface area (Å²) < 4.78 is 0. The predicted octanol–water partition coefficient (Wildman–Crippen LogP) is -0.293. The van der Waals surface area contributed by atoms with Gasteiger partial charge in [0.25, 0.3) is 0 Å². The maximum Gasteiger partial charge on any atom is 0.226 e. The van der Waals surface area contributed by atoms with E-state index >= 15 is 0 Å². The molecule has 0 bridgehead atoms. The number of anilines is 3. The van der Waals surface area contributed by atoms with Crippen LogP contribution in [-0.4, -0.2) is 24.1 Å². The Labute approximate surface area is 65.0 Å². The predicted molar refractivity (Wildman–Crippen MR) is 45.2 cm³/mol. The SMILES string of the molecule is CN(C)c1ncc(N)c(N)n1. The zero-order valence-corrected chi connectivity index (χ0v) is 6.57. The fraction of sp³-hybridized carbons (Fsp3) is 0.333. The van der Waals surface area contributed by atoms with Gasteiger partial charge in [-0.1, -0.05) is 0 Å². The molecule has 0 fully saturated rings. The van der Waals surface area contributed by atoms with Gasteiger partial charge in [0, 0.05) is 14.1 Å². The lowest BCUT2D eigenvalue weighted by Crippen LogP contribution is -2.14. The summed E-state index contributed by atoms with van der Waals surface area (Å²) in [5.74, 6) is 0.889. The number of nitrogen functional groups attached to an aromatic ring is 2. The van der Waals surface area contributed by atoms with Crippen LogP contribution in [0.5, 0.6) is 0 Å². The topological polar surface area (TPSA) is 81.1 Å². The van der Waals surface area contributed by atoms with Crippen molar-refractivity contribution in [2.45, 2.75) is 0 Å². The molecule has 0 amide bonds. The van der Waals surface area contributed by atoms with Gasteiger partial charge in [-0.05, 0) is 0 Å². The van der Waals surface area contributed by atoms with Gasteiger partial charge >= 0.3 is 0 Å². The number of nitrogens with two attached hydrogens (primary N) is 2. The molecule has 1 heterocycles. The van der Waals surface area contributed by atoms with Crippen molar-refractivity contribution in [3.05, 3.63) is 6.20 Å². The van der Waals surface area contributed by atoms with Crippen LogP contribution in [0.1, 0.15) is 0 Å². The van der Waals surface area contributed by atoms with Crippen molar-refractivity contribution in [2.75, 3.05) is 30.5 Å². The summed E-state index contributed by atoms with van der Waals surface area (Å²) in [6.45, 7) is 0. The van der Waals surface area contributed by atoms with E-state index in [1.807, 2.05) is 14.1 Å². The van der Waals surface area contributed by atoms with Crippen LogP contribution in [0.2, 0.25) is 0 Å². The Morgan fingerprint density at radius 1 is 1.36 bits per heavy atom. The molecular weight excluding hydrogens is 142 g/mol. The number of aromatic nitrogens is 2. The second kappa shape index (κ2) is 2.61. The highest BCUT2D eigenvalue weighted by atomic mass is 15.2. The van der Waals surface area contributed by atoms with E-state index in [1.165, 1.54) is 6.20 Å². The third-order valence-electron chi connectivity index (χ3n) is 1.24. The van der Waals surface area contributed by atoms with Crippen LogP contribution >= 0.6 is 0 Å². The van der Waals surface area contributed by atoms with E-state index in [-0.39, 0.29) is 0 Å². The molecule has 5 nitrogen and oxygen atoms in total. The van der Waals surface area contributed by atoms with E-state index in [9.17, 15) is 0 Å². The Morgan fingerprint density at radius 2 is 2.00 bits per heavy atom. The Balaban J connectivity index is 3.05. The van der Waals surface area contributed by atoms with Gasteiger partial charge in [-0.25, -0.2) is 4.98 Å². The Kier molecular flexibility index (Phi) is 1.80. The van der Waals surface area contributed by atoms with Crippen LogP contribution in [0.25, 0.3) is 0 Å². The van der Waals surface area contributed by atoms with Crippen molar-refractivity contribution in [1.29, 1.82) is 0 Å². The first kappa shape index (κ1) is 7.59. The van der Waals surface area contributed by atoms with Gasteiger partial charge in [-0.3, -0.25) is 0 Å². The van der Waals surface area contributed by atoms with Gasteiger partial charge in [0.1, 0.15) is 0 Å². The minimum Gasteiger partial charge on any atom is -0.394 e. The lowest BCUT2D eigenvalue weighted by Gasteiger charge is -2.09. The highest BCUT2D eigenvalue weighted by Crippen LogP contribution is 2.12. The normalized spacial score (nSPS) is 9.64. The molecular formula is C6H11N5. The monoisotopic (exact) mass is 153 g/mol. The van der Waals surface area contributed by atoms with Crippen LogP contribution in [0.4, 0.5) is 17.5 Å². The molecule has 0 radical (unpaired) electrons. The molecule has 0 saturated carbocycles. The molecule has 0 aliphatic rings. The first-order valence-corrected chi connectivity index (χ1v) is 3.16. The Bertz CT molecular complexity index is 257. The minimum absolute atomic E-state index is 0.323. The summed E-state index contributed by atoms with van der Waals surface area (Å²) in [6.07, 6.45) is 1.50. The zero-order chi connectivity index (χ0) is 8.43. The Morgan fingerprint density at radius 3 is 2.45 bits per heavy atom. The van der Waals surface area contributed by atoms with Crippen LogP contribution in [0.3, 0.4) is 0 Å². The molecule has 60 valence electrons. The maximum absolute atomic E-state index is 5.46. The summed E-state index contributed by atoms with van der Waals surface area (Å²) >= 11 is 0. The largest absolute Gasteiger partial charge is 0.394 e. The van der Waals surface area contributed by atoms with Crippen LogP contribution in [0, 0.1) is 0 Å². The van der Waals surface area contributed by atoms with Crippen molar-refractivity contribution in [2.24, 2.45) is 0 Å². The van der Waals surface area contributed by atoms with Crippen molar-refractivity contribution < 1.29 is 0 Å². The van der Waals surface area contributed by atoms with Gasteiger partial charge < -0.3 is 16.4 Å². The fourth-order valence-corrected chi connectivity index (χ4v) is 0.610. The fourth-order valence-electron chi connectivity index (χ4n) is 0.610. The van der Waals surface area contributed by atoms with Crippen molar-refractivity contribution in [3.8, 4) is 0 Å². The molecule has 0 saturated heterocycles. The van der Waals surface area contributed by atoms with Gasteiger partial charge in [-0.2, -0.15) is 4.98 Å². The van der Waals surface area contributed by atoms with E-state index in [2.05, 4.69) is 9.97 Å². The standard InChI is InChI=1S/C6H11N5/c1-11(2)6-9-3-4(7)5(8)10-6/h3H,7H2,1-2H3,(H2,8,9,10). The molecule has 0 atom stereocenters. The van der Waals surface area contributed by atoms with Gasteiger partial charge in [0.15, 0.2) is 5.82 Å². The summed E-state index contributed by atoms with van der Waals surface area (Å²) in [7, 11) is 3.68. The van der Waals surface area contributed by atoms with E-state index < -0.39 is 0 Å². The molecule has 11 heavy (non-hydrogen) atoms. The quantitative estimate of drug-likeness (QED) is 0.579. The number of hydrogen-bond donors (Lipinski definition) is 2. The van der Waals surface area contributed by atoms with E-state index in [4.69, 9.17) is 11.5 Å². The van der Waals surface area contributed by atoms with Crippen molar-refractivity contribution >= 4 is 17.5 Å². The number of rotatable bonds is 1. The van der Waals surface area contributed by atoms with Crippen LogP contribution < -0.4 is 16.4 Å². The highest BCUT2D eigenvalue weighted by Gasteiger charge is 2.00. The average molecular weight is 153 g/mol. The molecule has 1 aromatic rings. The molecule has 5 heteroatoms. The molecule has 1 rings (SSSR count). The van der Waals surface area contributed by atoms with E-state index in [0.717, 1.165) is 0 Å². The Hall–Kier alpha value is -1.52. The first-order chi connectivity index (χ1) is 5.11. The molecule has 0 aliphatic carbocycles. The zero-order valence-electron chi connectivity index (χ0n) is 6.57. The molecule has 0 aromatic carbocycles. The minimum atomic E-state index is 0.323. The van der Waals surface area contributed by atoms with Crippen LogP contribution in [-0.2, 0) is 0 Å². The summed E-state index contributed by atoms with van der Waals surface area (Å²) in [4.78, 5) is 9.65. The molecule has 0 aliphatic heterocycles. The first-order valence-electron chi connectivity index (χ1n) is 3.16.